The van der Waals surface area contributed by atoms with Crippen molar-refractivity contribution in [3.8, 4) is 0 Å². The van der Waals surface area contributed by atoms with Gasteiger partial charge < -0.3 is 10.6 Å². The maximum Gasteiger partial charge on any atom is 0.0605 e. The molecule has 0 fully saturated rings. The third-order valence-corrected chi connectivity index (χ3v) is 3.79. The zero-order chi connectivity index (χ0) is 12.8. The van der Waals surface area contributed by atoms with Gasteiger partial charge in [-0.15, -0.1) is 0 Å². The number of nitrogens with zero attached hydrogens (tertiary/aromatic N) is 1. The van der Waals surface area contributed by atoms with Crippen LogP contribution in [-0.2, 0) is 6.42 Å². The van der Waals surface area contributed by atoms with Crippen LogP contribution >= 0.6 is 0 Å². The van der Waals surface area contributed by atoms with Gasteiger partial charge in [-0.25, -0.2) is 0 Å². The number of rotatable bonds is 6. The minimum absolute atomic E-state index is 0.447. The van der Waals surface area contributed by atoms with Crippen LogP contribution in [0.25, 0.3) is 0 Å². The highest BCUT2D eigenvalue weighted by Crippen LogP contribution is 2.27. The Bertz CT molecular complexity index is 365. The first-order valence-electron chi connectivity index (χ1n) is 7.25. The molecule has 0 radical (unpaired) electrons. The fourth-order valence-electron chi connectivity index (χ4n) is 2.74. The van der Waals surface area contributed by atoms with Crippen molar-refractivity contribution in [3.63, 3.8) is 0 Å². The van der Waals surface area contributed by atoms with Crippen LogP contribution in [-0.4, -0.2) is 24.1 Å². The molecular weight excluding hydrogens is 222 g/mol. The van der Waals surface area contributed by atoms with Gasteiger partial charge in [0.25, 0.3) is 0 Å². The lowest BCUT2D eigenvalue weighted by molar-refractivity contribution is 0.397. The molecule has 0 aliphatic heterocycles. The van der Waals surface area contributed by atoms with Crippen LogP contribution in [0.5, 0.6) is 0 Å². The summed E-state index contributed by atoms with van der Waals surface area (Å²) < 4.78 is 0. The number of fused-ring (bicyclic) bond motifs is 1. The minimum Gasteiger partial charge on any atom is -0.313 e. The van der Waals surface area contributed by atoms with Crippen LogP contribution in [0.3, 0.4) is 0 Å². The third kappa shape index (κ3) is 3.30. The zero-order valence-electron chi connectivity index (χ0n) is 11.6. The van der Waals surface area contributed by atoms with E-state index in [1.54, 1.807) is 0 Å². The Hall–Kier alpha value is -0.930. The molecule has 0 bridgehead atoms. The number of hydrogen-bond donors (Lipinski definition) is 2. The van der Waals surface area contributed by atoms with Crippen molar-refractivity contribution in [3.05, 3.63) is 29.6 Å². The SMILES string of the molecule is CCNC(CC)CNC1CCCc2cccnc21. The van der Waals surface area contributed by atoms with Gasteiger partial charge >= 0.3 is 0 Å². The molecule has 0 aromatic carbocycles. The van der Waals surface area contributed by atoms with E-state index in [2.05, 4.69) is 41.6 Å². The number of aromatic nitrogens is 1. The van der Waals surface area contributed by atoms with Gasteiger partial charge in [0.2, 0.25) is 0 Å². The Morgan fingerprint density at radius 1 is 1.44 bits per heavy atom. The highest BCUT2D eigenvalue weighted by atomic mass is 15.0. The Kier molecular flexibility index (Phi) is 5.14. The molecule has 2 atom stereocenters. The molecule has 0 saturated carbocycles. The molecule has 18 heavy (non-hydrogen) atoms. The molecular formula is C15H25N3. The van der Waals surface area contributed by atoms with Crippen molar-refractivity contribution < 1.29 is 0 Å². The number of likely N-dealkylation sites (N-methyl/N-ethyl adjacent to an activating group) is 1. The third-order valence-electron chi connectivity index (χ3n) is 3.79. The summed E-state index contributed by atoms with van der Waals surface area (Å²) in [6.07, 6.45) is 6.76. The molecule has 0 saturated heterocycles. The summed E-state index contributed by atoms with van der Waals surface area (Å²) in [6, 6.07) is 5.29. The summed E-state index contributed by atoms with van der Waals surface area (Å²) in [5, 5.41) is 7.20. The fourth-order valence-corrected chi connectivity index (χ4v) is 2.74. The van der Waals surface area contributed by atoms with E-state index in [0.717, 1.165) is 13.1 Å². The normalized spacial score (nSPS) is 20.4. The van der Waals surface area contributed by atoms with Crippen LogP contribution in [0.2, 0.25) is 0 Å². The largest absolute Gasteiger partial charge is 0.313 e. The van der Waals surface area contributed by atoms with Crippen molar-refractivity contribution in [1.82, 2.24) is 15.6 Å². The van der Waals surface area contributed by atoms with E-state index in [9.17, 15) is 0 Å². The first-order chi connectivity index (χ1) is 8.85. The zero-order valence-corrected chi connectivity index (χ0v) is 11.6. The average Bonchev–Trinajstić information content (AvgIpc) is 2.43. The highest BCUT2D eigenvalue weighted by molar-refractivity contribution is 5.25. The molecule has 100 valence electrons. The molecule has 1 heterocycles. The number of aryl methyl sites for hydroxylation is 1. The monoisotopic (exact) mass is 247 g/mol. The first kappa shape index (κ1) is 13.5. The molecule has 2 unspecified atom stereocenters. The molecule has 0 spiro atoms. The van der Waals surface area contributed by atoms with Crippen LogP contribution in [0.15, 0.2) is 18.3 Å². The Labute approximate surface area is 110 Å². The Morgan fingerprint density at radius 3 is 3.11 bits per heavy atom. The Morgan fingerprint density at radius 2 is 2.33 bits per heavy atom. The quantitative estimate of drug-likeness (QED) is 0.810. The number of pyridine rings is 1. The van der Waals surface area contributed by atoms with E-state index in [1.807, 2.05) is 6.20 Å². The molecule has 1 aliphatic carbocycles. The van der Waals surface area contributed by atoms with E-state index in [0.29, 0.717) is 12.1 Å². The lowest BCUT2D eigenvalue weighted by Crippen LogP contribution is -2.40. The molecule has 0 amide bonds. The Balaban J connectivity index is 1.94. The summed E-state index contributed by atoms with van der Waals surface area (Å²) in [4.78, 5) is 4.57. The second-order valence-corrected chi connectivity index (χ2v) is 5.06. The molecule has 1 aromatic heterocycles. The second-order valence-electron chi connectivity index (χ2n) is 5.06. The first-order valence-corrected chi connectivity index (χ1v) is 7.25. The van der Waals surface area contributed by atoms with Gasteiger partial charge in [0.1, 0.15) is 0 Å². The lowest BCUT2D eigenvalue weighted by atomic mass is 9.92. The van der Waals surface area contributed by atoms with E-state index < -0.39 is 0 Å². The molecule has 2 N–H and O–H groups in total. The molecule has 1 aromatic rings. The molecule has 2 rings (SSSR count). The molecule has 3 heteroatoms. The average molecular weight is 247 g/mol. The van der Waals surface area contributed by atoms with Gasteiger partial charge in [-0.3, -0.25) is 4.98 Å². The lowest BCUT2D eigenvalue weighted by Gasteiger charge is -2.27. The van der Waals surface area contributed by atoms with E-state index in [4.69, 9.17) is 0 Å². The van der Waals surface area contributed by atoms with Gasteiger partial charge in [0.15, 0.2) is 0 Å². The summed E-state index contributed by atoms with van der Waals surface area (Å²) in [5.41, 5.74) is 2.70. The van der Waals surface area contributed by atoms with E-state index in [-0.39, 0.29) is 0 Å². The van der Waals surface area contributed by atoms with E-state index >= 15 is 0 Å². The van der Waals surface area contributed by atoms with Gasteiger partial charge in [0.05, 0.1) is 5.69 Å². The van der Waals surface area contributed by atoms with Crippen molar-refractivity contribution in [2.24, 2.45) is 0 Å². The number of hydrogen-bond acceptors (Lipinski definition) is 3. The van der Waals surface area contributed by atoms with Gasteiger partial charge in [-0.2, -0.15) is 0 Å². The van der Waals surface area contributed by atoms with Crippen molar-refractivity contribution in [2.75, 3.05) is 13.1 Å². The van der Waals surface area contributed by atoms with Gasteiger partial charge in [-0.1, -0.05) is 19.9 Å². The molecule has 1 aliphatic rings. The van der Waals surface area contributed by atoms with Crippen molar-refractivity contribution in [2.45, 2.75) is 51.6 Å². The van der Waals surface area contributed by atoms with E-state index in [1.165, 1.54) is 36.9 Å². The number of nitrogens with one attached hydrogen (secondary N) is 2. The van der Waals surface area contributed by atoms with Crippen molar-refractivity contribution in [1.29, 1.82) is 0 Å². The van der Waals surface area contributed by atoms with Crippen molar-refractivity contribution >= 4 is 0 Å². The second kappa shape index (κ2) is 6.86. The van der Waals surface area contributed by atoms with Crippen LogP contribution < -0.4 is 10.6 Å². The van der Waals surface area contributed by atoms with Crippen LogP contribution in [0.1, 0.15) is 50.4 Å². The van der Waals surface area contributed by atoms with Crippen LogP contribution in [0.4, 0.5) is 0 Å². The standard InChI is InChI=1S/C15H25N3/c1-3-13(16-4-2)11-18-14-9-5-7-12-8-6-10-17-15(12)14/h6,8,10,13-14,16,18H,3-5,7,9,11H2,1-2H3. The highest BCUT2D eigenvalue weighted by Gasteiger charge is 2.21. The smallest absolute Gasteiger partial charge is 0.0605 e. The predicted octanol–water partition coefficient (Wildman–Crippen LogP) is 2.44. The summed E-state index contributed by atoms with van der Waals surface area (Å²) in [7, 11) is 0. The summed E-state index contributed by atoms with van der Waals surface area (Å²) in [6.45, 7) is 6.48. The van der Waals surface area contributed by atoms with Gasteiger partial charge in [-0.05, 0) is 43.9 Å². The summed E-state index contributed by atoms with van der Waals surface area (Å²) in [5.74, 6) is 0. The fraction of sp³-hybridized carbons (Fsp3) is 0.667. The summed E-state index contributed by atoms with van der Waals surface area (Å²) >= 11 is 0. The maximum atomic E-state index is 4.57. The topological polar surface area (TPSA) is 37.0 Å². The minimum atomic E-state index is 0.447. The van der Waals surface area contributed by atoms with Crippen LogP contribution in [0, 0.1) is 0 Å². The molecule has 3 nitrogen and oxygen atoms in total. The van der Waals surface area contributed by atoms with Gasteiger partial charge in [0, 0.05) is 24.8 Å². The maximum absolute atomic E-state index is 4.57. The predicted molar refractivity (Wildman–Crippen MR) is 75.7 cm³/mol.